The molecule has 1 rings (SSSR count). The quantitative estimate of drug-likeness (QED) is 0.847. The molecule has 20 heavy (non-hydrogen) atoms. The van der Waals surface area contributed by atoms with Crippen LogP contribution in [0.4, 0.5) is 0 Å². The van der Waals surface area contributed by atoms with Crippen LogP contribution in [-0.2, 0) is 0 Å². The fraction of sp³-hybridized carbons (Fsp3) is 0.375. The van der Waals surface area contributed by atoms with Crippen LogP contribution < -0.4 is 0 Å². The van der Waals surface area contributed by atoms with Crippen molar-refractivity contribution in [2.24, 2.45) is 0 Å². The largest absolute Gasteiger partial charge is 0.384 e. The van der Waals surface area contributed by atoms with Gasteiger partial charge in [0.25, 0.3) is 5.91 Å². The Labute approximate surface area is 119 Å². The number of hydrogen-bond donors (Lipinski definition) is 1. The van der Waals surface area contributed by atoms with Crippen molar-refractivity contribution in [3.8, 4) is 17.9 Å². The van der Waals surface area contributed by atoms with E-state index in [2.05, 4.69) is 11.8 Å². The third kappa shape index (κ3) is 4.12. The number of aliphatic hydroxyl groups excluding tert-OH is 1. The molecule has 0 unspecified atom stereocenters. The Kier molecular flexibility index (Phi) is 6.29. The Morgan fingerprint density at radius 2 is 2.20 bits per heavy atom. The van der Waals surface area contributed by atoms with E-state index in [1.165, 1.54) is 0 Å². The van der Waals surface area contributed by atoms with Crippen LogP contribution in [0.3, 0.4) is 0 Å². The minimum atomic E-state index is -0.208. The molecule has 0 spiro atoms. The third-order valence-electron chi connectivity index (χ3n) is 2.94. The topological polar surface area (TPSA) is 64.3 Å². The number of rotatable bonds is 4. The predicted molar refractivity (Wildman–Crippen MR) is 77.0 cm³/mol. The third-order valence-corrected chi connectivity index (χ3v) is 2.94. The standard InChI is InChI=1S/C16H18N2O2/c1-3-18(10-5-9-17)16(20)15-12-14(6-4-11-19)8-7-13(15)2/h7-8,12,19H,3,5,10-11H2,1-2H3. The van der Waals surface area contributed by atoms with Crippen LogP contribution in [0.25, 0.3) is 0 Å². The normalized spacial score (nSPS) is 9.30. The van der Waals surface area contributed by atoms with Crippen LogP contribution in [0.15, 0.2) is 18.2 Å². The molecule has 0 aromatic heterocycles. The second-order valence-electron chi connectivity index (χ2n) is 4.28. The molecule has 0 aliphatic heterocycles. The van der Waals surface area contributed by atoms with Gasteiger partial charge in [-0.2, -0.15) is 5.26 Å². The van der Waals surface area contributed by atoms with Crippen molar-refractivity contribution in [2.45, 2.75) is 20.3 Å². The maximum absolute atomic E-state index is 12.4. The van der Waals surface area contributed by atoms with Crippen molar-refractivity contribution < 1.29 is 9.90 Å². The van der Waals surface area contributed by atoms with E-state index in [1.54, 1.807) is 11.0 Å². The lowest BCUT2D eigenvalue weighted by atomic mass is 10.0. The molecule has 0 saturated carbocycles. The van der Waals surface area contributed by atoms with Crippen LogP contribution in [-0.4, -0.2) is 35.6 Å². The van der Waals surface area contributed by atoms with Crippen LogP contribution >= 0.6 is 0 Å². The first-order valence-electron chi connectivity index (χ1n) is 6.50. The highest BCUT2D eigenvalue weighted by molar-refractivity contribution is 5.96. The number of benzene rings is 1. The highest BCUT2D eigenvalue weighted by atomic mass is 16.2. The van der Waals surface area contributed by atoms with E-state index in [-0.39, 0.29) is 12.5 Å². The Hall–Kier alpha value is -2.30. The molecule has 4 nitrogen and oxygen atoms in total. The van der Waals surface area contributed by atoms with E-state index >= 15 is 0 Å². The summed E-state index contributed by atoms with van der Waals surface area (Å²) < 4.78 is 0. The molecule has 0 fully saturated rings. The number of nitriles is 1. The number of hydrogen-bond acceptors (Lipinski definition) is 3. The average Bonchev–Trinajstić information content (AvgIpc) is 2.47. The van der Waals surface area contributed by atoms with Gasteiger partial charge in [0.15, 0.2) is 0 Å². The van der Waals surface area contributed by atoms with Gasteiger partial charge in [-0.1, -0.05) is 17.9 Å². The van der Waals surface area contributed by atoms with Crippen LogP contribution in [0.1, 0.15) is 34.8 Å². The van der Waals surface area contributed by atoms with Gasteiger partial charge in [-0.15, -0.1) is 0 Å². The Balaban J connectivity index is 3.04. The van der Waals surface area contributed by atoms with E-state index in [0.717, 1.165) is 5.56 Å². The van der Waals surface area contributed by atoms with Gasteiger partial charge >= 0.3 is 0 Å². The van der Waals surface area contributed by atoms with E-state index in [9.17, 15) is 4.79 Å². The zero-order valence-corrected chi connectivity index (χ0v) is 11.8. The lowest BCUT2D eigenvalue weighted by molar-refractivity contribution is 0.0767. The van der Waals surface area contributed by atoms with Crippen molar-refractivity contribution in [2.75, 3.05) is 19.7 Å². The van der Waals surface area contributed by atoms with Gasteiger partial charge in [-0.3, -0.25) is 4.79 Å². The minimum Gasteiger partial charge on any atom is -0.384 e. The lowest BCUT2D eigenvalue weighted by Gasteiger charge is -2.20. The number of aliphatic hydroxyl groups is 1. The first-order valence-corrected chi connectivity index (χ1v) is 6.50. The molecule has 1 aromatic carbocycles. The fourth-order valence-electron chi connectivity index (χ4n) is 1.83. The molecule has 1 aromatic rings. The van der Waals surface area contributed by atoms with Gasteiger partial charge in [0.05, 0.1) is 12.5 Å². The van der Waals surface area contributed by atoms with Crippen molar-refractivity contribution in [1.82, 2.24) is 4.90 Å². The molecule has 1 amide bonds. The van der Waals surface area contributed by atoms with Gasteiger partial charge in [-0.05, 0) is 31.5 Å². The summed E-state index contributed by atoms with van der Waals surface area (Å²) in [5.74, 6) is 5.27. The molecule has 0 aliphatic carbocycles. The SMILES string of the molecule is CCN(CCC#N)C(=O)c1cc(C#CCO)ccc1C. The van der Waals surface area contributed by atoms with Crippen molar-refractivity contribution in [3.63, 3.8) is 0 Å². The monoisotopic (exact) mass is 270 g/mol. The summed E-state index contributed by atoms with van der Waals surface area (Å²) in [6, 6.07) is 7.44. The van der Waals surface area contributed by atoms with Gasteiger partial charge in [-0.25, -0.2) is 0 Å². The lowest BCUT2D eigenvalue weighted by Crippen LogP contribution is -2.32. The van der Waals surface area contributed by atoms with Crippen LogP contribution in [0.2, 0.25) is 0 Å². The molecule has 0 radical (unpaired) electrons. The zero-order valence-electron chi connectivity index (χ0n) is 11.8. The number of aryl methyl sites for hydroxylation is 1. The maximum atomic E-state index is 12.4. The van der Waals surface area contributed by atoms with Gasteiger partial charge < -0.3 is 10.0 Å². The first kappa shape index (κ1) is 15.8. The zero-order chi connectivity index (χ0) is 15.0. The maximum Gasteiger partial charge on any atom is 0.254 e. The summed E-state index contributed by atoms with van der Waals surface area (Å²) in [4.78, 5) is 14.1. The summed E-state index contributed by atoms with van der Waals surface area (Å²) in [5, 5.41) is 17.3. The van der Waals surface area contributed by atoms with Crippen molar-refractivity contribution >= 4 is 5.91 Å². The van der Waals surface area contributed by atoms with Gasteiger partial charge in [0.2, 0.25) is 0 Å². The molecule has 104 valence electrons. The summed E-state index contributed by atoms with van der Waals surface area (Å²) in [5.41, 5.74) is 2.17. The summed E-state index contributed by atoms with van der Waals surface area (Å²) in [6.45, 7) is 4.54. The second-order valence-corrected chi connectivity index (χ2v) is 4.28. The Morgan fingerprint density at radius 1 is 1.45 bits per heavy atom. The molecule has 1 N–H and O–H groups in total. The smallest absolute Gasteiger partial charge is 0.254 e. The van der Waals surface area contributed by atoms with E-state index in [4.69, 9.17) is 10.4 Å². The van der Waals surface area contributed by atoms with E-state index in [0.29, 0.717) is 30.6 Å². The number of amides is 1. The highest BCUT2D eigenvalue weighted by Crippen LogP contribution is 2.14. The molecular weight excluding hydrogens is 252 g/mol. The number of carbonyl (C=O) groups excluding carboxylic acids is 1. The molecule has 0 aliphatic rings. The summed E-state index contributed by atoms with van der Waals surface area (Å²) in [7, 11) is 0. The Morgan fingerprint density at radius 3 is 2.80 bits per heavy atom. The molecule has 0 bridgehead atoms. The van der Waals surface area contributed by atoms with E-state index in [1.807, 2.05) is 32.0 Å². The Bertz CT molecular complexity index is 576. The van der Waals surface area contributed by atoms with Gasteiger partial charge in [0.1, 0.15) is 6.61 Å². The first-order chi connectivity index (χ1) is 9.63. The number of carbonyl (C=O) groups is 1. The van der Waals surface area contributed by atoms with E-state index < -0.39 is 0 Å². The van der Waals surface area contributed by atoms with Crippen LogP contribution in [0.5, 0.6) is 0 Å². The molecule has 4 heteroatoms. The summed E-state index contributed by atoms with van der Waals surface area (Å²) in [6.07, 6.45) is 0.322. The van der Waals surface area contributed by atoms with Crippen molar-refractivity contribution in [1.29, 1.82) is 5.26 Å². The number of nitrogens with zero attached hydrogens (tertiary/aromatic N) is 2. The second kappa shape index (κ2) is 7.99. The highest BCUT2D eigenvalue weighted by Gasteiger charge is 2.16. The molecule has 0 saturated heterocycles. The predicted octanol–water partition coefficient (Wildman–Crippen LogP) is 1.71. The van der Waals surface area contributed by atoms with Crippen LogP contribution in [0, 0.1) is 30.1 Å². The fourth-order valence-corrected chi connectivity index (χ4v) is 1.83. The van der Waals surface area contributed by atoms with Crippen molar-refractivity contribution in [3.05, 3.63) is 34.9 Å². The molecule has 0 atom stereocenters. The molecular formula is C16H18N2O2. The average molecular weight is 270 g/mol. The minimum absolute atomic E-state index is 0.0899. The van der Waals surface area contributed by atoms with Gasteiger partial charge in [0, 0.05) is 24.2 Å². The summed E-state index contributed by atoms with van der Waals surface area (Å²) >= 11 is 0. The molecule has 0 heterocycles.